The maximum Gasteiger partial charge on any atom is 0.413 e. The van der Waals surface area contributed by atoms with Crippen LogP contribution in [0.15, 0.2) is 136 Å². The Kier molecular flexibility index (Phi) is 24.2. The van der Waals surface area contributed by atoms with Crippen LogP contribution in [0, 0.1) is 0 Å². The van der Waals surface area contributed by atoms with Gasteiger partial charge in [0.25, 0.3) is 11.8 Å². The largest absolute Gasteiger partial charge is 0.497 e. The Labute approximate surface area is 599 Å². The third-order valence-corrected chi connectivity index (χ3v) is 18.8. The Morgan fingerprint density at radius 2 is 1.21 bits per heavy atom. The van der Waals surface area contributed by atoms with E-state index in [1.165, 1.54) is 29.2 Å². The van der Waals surface area contributed by atoms with Crippen molar-refractivity contribution in [2.45, 2.75) is 142 Å². The first-order valence-electron chi connectivity index (χ1n) is 33.3. The molecule has 540 valence electrons. The fourth-order valence-electron chi connectivity index (χ4n) is 11.7. The molecule has 102 heavy (non-hydrogen) atoms. The van der Waals surface area contributed by atoms with Crippen molar-refractivity contribution in [2.75, 3.05) is 59.1 Å². The number of benzene rings is 5. The normalized spacial score (nSPS) is 16.1. The maximum absolute atomic E-state index is 15.3. The summed E-state index contributed by atoms with van der Waals surface area (Å²) in [5.41, 5.74) is 1.47. The number of oxime groups is 1. The van der Waals surface area contributed by atoms with Crippen molar-refractivity contribution in [3.8, 4) is 34.5 Å². The Bertz CT molecular complexity index is 4290. The number of ether oxygens (including phenoxy) is 10. The third-order valence-electron chi connectivity index (χ3n) is 16.7. The van der Waals surface area contributed by atoms with Gasteiger partial charge in [0.1, 0.15) is 96.5 Å². The molecular formula is C74H85N8O18S2+. The molecule has 0 radical (unpaired) electrons. The molecule has 2 fully saturated rings. The van der Waals surface area contributed by atoms with E-state index in [0.29, 0.717) is 91.9 Å². The molecule has 3 amide bonds. The van der Waals surface area contributed by atoms with Crippen molar-refractivity contribution in [2.24, 2.45) is 5.16 Å². The van der Waals surface area contributed by atoms with Crippen LogP contribution in [-0.4, -0.2) is 148 Å². The number of aryl methyl sites for hydroxylation is 1. The van der Waals surface area contributed by atoms with E-state index in [9.17, 15) is 19.2 Å². The maximum atomic E-state index is 15.3. The number of esters is 3. The van der Waals surface area contributed by atoms with Crippen molar-refractivity contribution >= 4 is 80.7 Å². The predicted octanol–water partition coefficient (Wildman–Crippen LogP) is 10.6. The minimum Gasteiger partial charge on any atom is -0.497 e. The number of likely N-dealkylation sites (tertiary alicyclic amines) is 1. The zero-order valence-corrected chi connectivity index (χ0v) is 60.6. The van der Waals surface area contributed by atoms with Crippen LogP contribution in [-0.2, 0) is 87.3 Å². The minimum atomic E-state index is -1.78. The molecule has 5 aromatic carbocycles. The highest BCUT2D eigenvalue weighted by Crippen LogP contribution is 2.43. The molecule has 0 saturated carbocycles. The second kappa shape index (κ2) is 33.1. The van der Waals surface area contributed by atoms with E-state index >= 15 is 14.4 Å². The average molecular weight is 1440 g/mol. The number of quaternary nitrogens is 1. The first kappa shape index (κ1) is 74.5. The van der Waals surface area contributed by atoms with E-state index in [2.05, 4.69) is 20.8 Å². The van der Waals surface area contributed by atoms with Gasteiger partial charge in [-0.3, -0.25) is 34.1 Å². The Morgan fingerprint density at radius 3 is 1.74 bits per heavy atom. The smallest absolute Gasteiger partial charge is 0.413 e. The van der Waals surface area contributed by atoms with Gasteiger partial charge in [-0.25, -0.2) is 19.4 Å². The second-order valence-electron chi connectivity index (χ2n) is 26.5. The Morgan fingerprint density at radius 1 is 0.676 bits per heavy atom. The molecule has 2 aromatic heterocycles. The highest BCUT2D eigenvalue weighted by atomic mass is 32.2. The van der Waals surface area contributed by atoms with E-state index in [0.717, 1.165) is 41.7 Å². The summed E-state index contributed by atoms with van der Waals surface area (Å²) < 4.78 is 59.2. The van der Waals surface area contributed by atoms with Gasteiger partial charge in [-0.2, -0.15) is 5.10 Å². The summed E-state index contributed by atoms with van der Waals surface area (Å²) in [6, 6.07) is 30.9. The number of nitrogens with one attached hydrogen (secondary N) is 2. The number of anilines is 1. The summed E-state index contributed by atoms with van der Waals surface area (Å²) in [5, 5.41) is 15.4. The number of carbonyl (C=O) groups excluding carboxylic acids is 6. The molecule has 0 bridgehead atoms. The monoisotopic (exact) mass is 1440 g/mol. The molecule has 2 N–H and O–H groups in total. The highest BCUT2D eigenvalue weighted by molar-refractivity contribution is 8.00. The zero-order chi connectivity index (χ0) is 72.9. The summed E-state index contributed by atoms with van der Waals surface area (Å²) in [4.78, 5) is 112. The van der Waals surface area contributed by atoms with E-state index in [1.54, 1.807) is 128 Å². The van der Waals surface area contributed by atoms with Crippen molar-refractivity contribution < 1.29 is 85.5 Å². The van der Waals surface area contributed by atoms with Gasteiger partial charge < -0.3 is 62.0 Å². The van der Waals surface area contributed by atoms with Gasteiger partial charge in [0, 0.05) is 29.3 Å². The molecule has 7 aromatic rings. The molecule has 26 nitrogen and oxygen atoms in total. The molecule has 28 heteroatoms. The number of thioether (sulfide) groups is 1. The first-order chi connectivity index (χ1) is 48.8. The number of hydrogen-bond donors (Lipinski definition) is 2. The van der Waals surface area contributed by atoms with Crippen LogP contribution in [0.3, 0.4) is 0 Å². The number of fused-ring (bicyclic) bond motifs is 2. The van der Waals surface area contributed by atoms with Gasteiger partial charge >= 0.3 is 24.0 Å². The number of rotatable bonds is 29. The average Bonchev–Trinajstić information content (AvgIpc) is 0.748. The van der Waals surface area contributed by atoms with Crippen LogP contribution in [0.1, 0.15) is 108 Å². The molecular weight excluding hydrogens is 1350 g/mol. The van der Waals surface area contributed by atoms with Gasteiger partial charge in [-0.05, 0) is 145 Å². The lowest BCUT2D eigenvalue weighted by Gasteiger charge is -2.50. The van der Waals surface area contributed by atoms with Crippen molar-refractivity contribution in [1.29, 1.82) is 0 Å². The number of methoxy groups -OCH3 is 4. The summed E-state index contributed by atoms with van der Waals surface area (Å²) in [6.07, 6.45) is -0.821. The Balaban J connectivity index is 0.969. The van der Waals surface area contributed by atoms with Crippen LogP contribution in [0.4, 0.5) is 9.93 Å². The van der Waals surface area contributed by atoms with E-state index in [1.807, 2.05) is 55.5 Å². The minimum absolute atomic E-state index is 0.00295. The summed E-state index contributed by atoms with van der Waals surface area (Å²) >= 11 is 2.22. The number of thiazole rings is 1. The summed E-state index contributed by atoms with van der Waals surface area (Å²) in [6.45, 7) is 13.8. The molecule has 3 unspecified atom stereocenters. The number of piperidine rings is 1. The number of amides is 3. The Hall–Kier alpha value is -10.2. The first-order valence-corrected chi connectivity index (χ1v) is 35.2. The summed E-state index contributed by atoms with van der Waals surface area (Å²) in [5.74, 6) is -0.868. The van der Waals surface area contributed by atoms with Crippen LogP contribution < -0.4 is 44.5 Å². The van der Waals surface area contributed by atoms with Gasteiger partial charge in [-0.15, -0.1) is 23.1 Å². The number of hydrogen-bond acceptors (Lipinski definition) is 23. The molecule has 2 saturated heterocycles. The van der Waals surface area contributed by atoms with Gasteiger partial charge in [0.2, 0.25) is 11.5 Å². The van der Waals surface area contributed by atoms with Gasteiger partial charge in [0.05, 0.1) is 58.9 Å². The zero-order valence-electron chi connectivity index (χ0n) is 58.9. The van der Waals surface area contributed by atoms with E-state index in [-0.39, 0.29) is 67.2 Å². The summed E-state index contributed by atoms with van der Waals surface area (Å²) in [7, 11) is 6.26. The van der Waals surface area contributed by atoms with Crippen LogP contribution in [0.25, 0.3) is 10.9 Å². The molecule has 3 atom stereocenters. The fraction of sp³-hybridized carbons (Fsp3) is 0.405. The molecule has 5 heterocycles. The van der Waals surface area contributed by atoms with E-state index in [4.69, 9.17) is 57.3 Å². The van der Waals surface area contributed by atoms with Gasteiger partial charge in [0.15, 0.2) is 28.0 Å². The predicted molar refractivity (Wildman–Crippen MR) is 380 cm³/mol. The number of β-lactam (4-membered cyclic amide) rings is 1. The van der Waals surface area contributed by atoms with Gasteiger partial charge in [-0.1, -0.05) is 53.7 Å². The van der Waals surface area contributed by atoms with Crippen LogP contribution in [0.2, 0.25) is 0 Å². The lowest BCUT2D eigenvalue weighted by molar-refractivity contribution is -0.941. The molecule has 3 aliphatic rings. The lowest BCUT2D eigenvalue weighted by atomic mass is 9.99. The van der Waals surface area contributed by atoms with Crippen molar-refractivity contribution in [3.63, 3.8) is 0 Å². The molecule has 0 spiro atoms. The lowest BCUT2D eigenvalue weighted by Crippen LogP contribution is -2.71. The molecule has 10 rings (SSSR count). The third kappa shape index (κ3) is 19.1. The number of nitrogens with zero attached hydrogens (tertiary/aromatic N) is 6. The fourth-order valence-corrected chi connectivity index (χ4v) is 13.7. The topological polar surface area (TPSA) is 291 Å². The second-order valence-corrected chi connectivity index (χ2v) is 28.5. The number of carbonyl (C=O) groups is 6. The SMILES string of the molecule is CCn1nc(C[N+]2(CC3=C(C(=O)OCc4ccc(OC)cc4)N4C(=O)C(NC(=O)C(=NOC(CC(=O)OC(C)(C)C)C(=O)OCc5ccc(OC)cc5)c5csc(NC(=O)OC(C)(C)C)n5)C4SC3)CCCCC2)c(=O)c2cc(OCc3ccc(OC)cc3)c(OCc3ccc(OC)cc3)cc21. The van der Waals surface area contributed by atoms with Crippen LogP contribution in [0.5, 0.6) is 34.5 Å². The van der Waals surface area contributed by atoms with Crippen LogP contribution >= 0.6 is 23.1 Å². The quantitative estimate of drug-likeness (QED) is 0.0110. The number of aromatic nitrogens is 3. The highest BCUT2D eigenvalue weighted by Gasteiger charge is 2.56. The molecule has 3 aliphatic heterocycles. The standard InChI is InChI=1S/C74H84N8O18S2/c1-12-80-57-35-59(95-40-46-18-26-51(91-9)27-19-46)58(94-39-45-16-24-50(90-8)25-17-45)34-54(57)65(84)55(78-80)38-82(32-14-13-15-33-82)37-49-43-101-68-63(67(86)81(68)64(49)70(88)97-42-48-22-30-53(93-11)31-23-48)76-66(85)62(56-44-102-71(75-56)77-72(89)99-74(5,6)7)79-100-60(36-61(83)98-73(2,3)4)69(87)96-41-47-20-28-52(92-10)29-21-47/h16-31,34-35,44,60,63,68H,12-15,32-33,36-43H2,1-11H3,(H-,75,76,77,85,89)/p+1. The van der Waals surface area contributed by atoms with Crippen molar-refractivity contribution in [3.05, 3.63) is 170 Å². The van der Waals surface area contributed by atoms with Crippen molar-refractivity contribution in [1.82, 2.24) is 25.0 Å². The molecule has 0 aliphatic carbocycles. The van der Waals surface area contributed by atoms with E-state index < -0.39 is 76.7 Å².